The normalized spacial score (nSPS) is 10.6. The largest absolute Gasteiger partial charge is 0.423 e. The molecule has 112 valence electrons. The Morgan fingerprint density at radius 1 is 1.32 bits per heavy atom. The highest BCUT2D eigenvalue weighted by Gasteiger charge is 2.05. The zero-order valence-electron chi connectivity index (χ0n) is 11.9. The van der Waals surface area contributed by atoms with Gasteiger partial charge in [0.2, 0.25) is 0 Å². The van der Waals surface area contributed by atoms with Crippen molar-refractivity contribution in [3.05, 3.63) is 62.6 Å². The summed E-state index contributed by atoms with van der Waals surface area (Å²) in [6.45, 7) is 2.57. The molecule has 0 aliphatic rings. The molecule has 2 heterocycles. The number of rotatable bonds is 3. The van der Waals surface area contributed by atoms with Gasteiger partial charge < -0.3 is 15.1 Å². The summed E-state index contributed by atoms with van der Waals surface area (Å²) in [5.41, 5.74) is 1.89. The lowest BCUT2D eigenvalue weighted by molar-refractivity contribution is 0.560. The molecular weight excluding hydrogens is 316 g/mol. The molecule has 0 radical (unpaired) electrons. The van der Waals surface area contributed by atoms with E-state index in [4.69, 9.17) is 16.6 Å². The van der Waals surface area contributed by atoms with Crippen LogP contribution >= 0.6 is 23.6 Å². The molecular formula is C16H14N2O2S2. The van der Waals surface area contributed by atoms with Crippen molar-refractivity contribution >= 4 is 45.3 Å². The topological polar surface area (TPSA) is 54.3 Å². The van der Waals surface area contributed by atoms with Crippen LogP contribution in [-0.2, 0) is 6.54 Å². The lowest BCUT2D eigenvalue weighted by atomic mass is 10.1. The van der Waals surface area contributed by atoms with E-state index in [1.807, 2.05) is 36.6 Å². The van der Waals surface area contributed by atoms with E-state index in [2.05, 4.69) is 10.6 Å². The molecule has 6 heteroatoms. The molecule has 0 atom stereocenters. The van der Waals surface area contributed by atoms with E-state index in [9.17, 15) is 4.79 Å². The third-order valence-corrected chi connectivity index (χ3v) is 4.34. The third-order valence-electron chi connectivity index (χ3n) is 3.21. The van der Waals surface area contributed by atoms with Crippen LogP contribution in [0.4, 0.5) is 5.69 Å². The molecule has 0 unspecified atom stereocenters. The van der Waals surface area contributed by atoms with Gasteiger partial charge in [-0.25, -0.2) is 4.79 Å². The van der Waals surface area contributed by atoms with Crippen LogP contribution in [0, 0.1) is 6.92 Å². The Kier molecular flexibility index (Phi) is 4.22. The number of thiocarbonyl (C=S) groups is 1. The van der Waals surface area contributed by atoms with E-state index >= 15 is 0 Å². The molecule has 2 aromatic heterocycles. The van der Waals surface area contributed by atoms with Gasteiger partial charge >= 0.3 is 5.63 Å². The van der Waals surface area contributed by atoms with Crippen molar-refractivity contribution in [2.24, 2.45) is 0 Å². The lowest BCUT2D eigenvalue weighted by Crippen LogP contribution is -2.27. The van der Waals surface area contributed by atoms with Crippen molar-refractivity contribution in [3.8, 4) is 0 Å². The Hall–Kier alpha value is -2.18. The van der Waals surface area contributed by atoms with Crippen molar-refractivity contribution < 1.29 is 4.42 Å². The molecule has 0 saturated heterocycles. The van der Waals surface area contributed by atoms with E-state index < -0.39 is 0 Å². The Labute approximate surface area is 136 Å². The van der Waals surface area contributed by atoms with Crippen molar-refractivity contribution in [3.63, 3.8) is 0 Å². The fourth-order valence-electron chi connectivity index (χ4n) is 2.16. The van der Waals surface area contributed by atoms with E-state index in [1.54, 1.807) is 17.4 Å². The van der Waals surface area contributed by atoms with Gasteiger partial charge in [0.25, 0.3) is 0 Å². The van der Waals surface area contributed by atoms with Gasteiger partial charge in [0.15, 0.2) is 5.11 Å². The second-order valence-corrected chi connectivity index (χ2v) is 6.29. The molecule has 4 nitrogen and oxygen atoms in total. The van der Waals surface area contributed by atoms with Gasteiger partial charge in [-0.05, 0) is 48.3 Å². The first-order valence-corrected chi connectivity index (χ1v) is 8.02. The Balaban J connectivity index is 1.73. The Morgan fingerprint density at radius 2 is 2.18 bits per heavy atom. The molecule has 0 aliphatic heterocycles. The smallest absolute Gasteiger partial charge is 0.336 e. The first-order chi connectivity index (χ1) is 10.6. The van der Waals surface area contributed by atoms with Gasteiger partial charge in [-0.3, -0.25) is 0 Å². The van der Waals surface area contributed by atoms with Crippen LogP contribution in [0.2, 0.25) is 0 Å². The predicted molar refractivity (Wildman–Crippen MR) is 94.6 cm³/mol. The van der Waals surface area contributed by atoms with Crippen molar-refractivity contribution in [2.75, 3.05) is 5.32 Å². The minimum atomic E-state index is -0.347. The fraction of sp³-hybridized carbons (Fsp3) is 0.125. The van der Waals surface area contributed by atoms with Crippen molar-refractivity contribution in [1.29, 1.82) is 0 Å². The van der Waals surface area contributed by atoms with Gasteiger partial charge in [-0.15, -0.1) is 11.3 Å². The Morgan fingerprint density at radius 3 is 2.95 bits per heavy atom. The highest BCUT2D eigenvalue weighted by atomic mass is 32.1. The molecule has 22 heavy (non-hydrogen) atoms. The number of fused-ring (bicyclic) bond motifs is 1. The average Bonchev–Trinajstić information content (AvgIpc) is 2.98. The molecule has 0 fully saturated rings. The molecule has 0 aliphatic carbocycles. The number of anilines is 1. The number of hydrogen-bond donors (Lipinski definition) is 2. The van der Waals surface area contributed by atoms with Crippen LogP contribution in [0.1, 0.15) is 10.4 Å². The SMILES string of the molecule is Cc1cc(=O)oc2cc(NC(=S)NCc3cccs3)ccc12. The Bertz CT molecular complexity index is 869. The van der Waals surface area contributed by atoms with Crippen LogP contribution in [-0.4, -0.2) is 5.11 Å². The summed E-state index contributed by atoms with van der Waals surface area (Å²) in [5.74, 6) is 0. The maximum Gasteiger partial charge on any atom is 0.336 e. The highest BCUT2D eigenvalue weighted by molar-refractivity contribution is 7.80. The van der Waals surface area contributed by atoms with Crippen LogP contribution in [0.3, 0.4) is 0 Å². The predicted octanol–water partition coefficient (Wildman–Crippen LogP) is 3.65. The standard InChI is InChI=1S/C16H14N2O2S2/c1-10-7-15(19)20-14-8-11(4-5-13(10)14)18-16(21)17-9-12-3-2-6-22-12/h2-8H,9H2,1H3,(H2,17,18,21). The van der Waals surface area contributed by atoms with E-state index in [-0.39, 0.29) is 5.63 Å². The van der Waals surface area contributed by atoms with Crippen molar-refractivity contribution in [1.82, 2.24) is 5.32 Å². The second-order valence-electron chi connectivity index (χ2n) is 4.85. The maximum absolute atomic E-state index is 11.4. The minimum absolute atomic E-state index is 0.347. The first-order valence-electron chi connectivity index (χ1n) is 6.73. The van der Waals surface area contributed by atoms with Crippen LogP contribution < -0.4 is 16.3 Å². The van der Waals surface area contributed by atoms with Crippen LogP contribution in [0.25, 0.3) is 11.0 Å². The zero-order chi connectivity index (χ0) is 15.5. The lowest BCUT2D eigenvalue weighted by Gasteiger charge is -2.10. The first kappa shape index (κ1) is 14.7. The summed E-state index contributed by atoms with van der Waals surface area (Å²) < 4.78 is 5.23. The summed E-state index contributed by atoms with van der Waals surface area (Å²) in [6.07, 6.45) is 0. The van der Waals surface area contributed by atoms with Gasteiger partial charge in [0.05, 0.1) is 6.54 Å². The molecule has 0 saturated carbocycles. The molecule has 0 spiro atoms. The van der Waals surface area contributed by atoms with E-state index in [0.29, 0.717) is 17.2 Å². The number of thiophene rings is 1. The summed E-state index contributed by atoms with van der Waals surface area (Å²) >= 11 is 6.95. The average molecular weight is 330 g/mol. The van der Waals surface area contributed by atoms with Gasteiger partial charge in [0.1, 0.15) is 5.58 Å². The summed E-state index contributed by atoms with van der Waals surface area (Å²) in [4.78, 5) is 12.7. The van der Waals surface area contributed by atoms with Crippen molar-refractivity contribution in [2.45, 2.75) is 13.5 Å². The maximum atomic E-state index is 11.4. The molecule has 0 amide bonds. The number of hydrogen-bond acceptors (Lipinski definition) is 4. The summed E-state index contributed by atoms with van der Waals surface area (Å²) in [5, 5.41) is 9.72. The molecule has 3 rings (SSSR count). The summed E-state index contributed by atoms with van der Waals surface area (Å²) in [6, 6.07) is 11.2. The quantitative estimate of drug-likeness (QED) is 0.567. The highest BCUT2D eigenvalue weighted by Crippen LogP contribution is 2.20. The van der Waals surface area contributed by atoms with Gasteiger partial charge in [0, 0.05) is 28.1 Å². The van der Waals surface area contributed by atoms with Crippen LogP contribution in [0.5, 0.6) is 0 Å². The fourth-order valence-corrected chi connectivity index (χ4v) is 2.99. The minimum Gasteiger partial charge on any atom is -0.423 e. The molecule has 2 N–H and O–H groups in total. The molecule has 3 aromatic rings. The van der Waals surface area contributed by atoms with Crippen LogP contribution in [0.15, 0.2) is 51.0 Å². The number of aryl methyl sites for hydroxylation is 1. The third kappa shape index (κ3) is 3.35. The monoisotopic (exact) mass is 330 g/mol. The van der Waals surface area contributed by atoms with Gasteiger partial charge in [-0.2, -0.15) is 0 Å². The van der Waals surface area contributed by atoms with E-state index in [0.717, 1.165) is 16.6 Å². The summed E-state index contributed by atoms with van der Waals surface area (Å²) in [7, 11) is 0. The number of benzene rings is 1. The second kappa shape index (κ2) is 6.29. The van der Waals surface area contributed by atoms with Gasteiger partial charge in [-0.1, -0.05) is 6.07 Å². The number of nitrogens with one attached hydrogen (secondary N) is 2. The molecule has 0 bridgehead atoms. The van der Waals surface area contributed by atoms with E-state index in [1.165, 1.54) is 10.9 Å². The zero-order valence-corrected chi connectivity index (χ0v) is 13.5. The molecule has 1 aromatic carbocycles.